The maximum atomic E-state index is 10.1. The van der Waals surface area contributed by atoms with E-state index in [4.69, 9.17) is 5.48 Å². The Bertz CT molecular complexity index is 167. The quantitative estimate of drug-likeness (QED) is 0.415. The molecule has 0 radical (unpaired) electrons. The van der Waals surface area contributed by atoms with Crippen LogP contribution in [0.3, 0.4) is 0 Å². The van der Waals surface area contributed by atoms with E-state index in [2.05, 4.69) is 5.29 Å². The topological polar surface area (TPSA) is 32.7 Å². The molecule has 0 aliphatic heterocycles. The summed E-state index contributed by atoms with van der Waals surface area (Å²) in [7, 11) is 0. The number of nitrogens with zero attached hydrogens (tertiary/aromatic N) is 2. The molecule has 0 aromatic rings. The van der Waals surface area contributed by atoms with Crippen LogP contribution in [0.25, 0.3) is 0 Å². The average Bonchev–Trinajstić information content (AvgIpc) is 1.87. The first-order valence-electron chi connectivity index (χ1n) is 4.38. The lowest BCUT2D eigenvalue weighted by atomic mass is 10.5. The van der Waals surface area contributed by atoms with Crippen molar-refractivity contribution in [1.82, 2.24) is 5.01 Å². The molecular formula is C5H12N2O. The van der Waals surface area contributed by atoms with Crippen molar-refractivity contribution in [2.75, 3.05) is 13.0 Å². The van der Waals surface area contributed by atoms with Crippen LogP contribution in [-0.4, -0.2) is 18.1 Å². The summed E-state index contributed by atoms with van der Waals surface area (Å²) in [6, 6.07) is 0. The predicted octanol–water partition coefficient (Wildman–Crippen LogP) is 1.40. The summed E-state index contributed by atoms with van der Waals surface area (Å²) in [6.45, 7) is 0.291. The van der Waals surface area contributed by atoms with Crippen molar-refractivity contribution in [2.45, 2.75) is 20.2 Å². The summed E-state index contributed by atoms with van der Waals surface area (Å²) in [5, 5.41) is 2.96. The van der Waals surface area contributed by atoms with Crippen molar-refractivity contribution >= 4 is 0 Å². The Hall–Kier alpha value is -0.600. The predicted molar refractivity (Wildman–Crippen MR) is 33.3 cm³/mol. The fourth-order valence-electron chi connectivity index (χ4n) is 0.286. The van der Waals surface area contributed by atoms with Crippen LogP contribution in [0.4, 0.5) is 0 Å². The van der Waals surface area contributed by atoms with Gasteiger partial charge >= 0.3 is 0 Å². The first-order chi connectivity index (χ1) is 5.27. The second-order valence-electron chi connectivity index (χ2n) is 1.16. The van der Waals surface area contributed by atoms with Crippen molar-refractivity contribution in [2.24, 2.45) is 5.29 Å². The Labute approximate surface area is 55.2 Å². The van der Waals surface area contributed by atoms with E-state index in [1.165, 1.54) is 6.92 Å². The smallest absolute Gasteiger partial charge is 0.0523 e. The highest BCUT2D eigenvalue weighted by Gasteiger charge is 1.92. The minimum atomic E-state index is -2.36. The minimum absolute atomic E-state index is 0.0455. The number of rotatable bonds is 4. The lowest BCUT2D eigenvalue weighted by Gasteiger charge is -2.08. The van der Waals surface area contributed by atoms with Gasteiger partial charge in [0, 0.05) is 15.8 Å². The standard InChI is InChI=1S/C5H12N2O/c1-3-5-7(4-2)6-8/h3-5H2,1-2H3/i3D2,5D2. The third-order valence-electron chi connectivity index (χ3n) is 0.639. The molecule has 0 aromatic carbocycles. The molecule has 0 spiro atoms. The Kier molecular flexibility index (Phi) is 1.60. The van der Waals surface area contributed by atoms with Gasteiger partial charge in [-0.05, 0) is 13.3 Å². The fraction of sp³-hybridized carbons (Fsp3) is 1.00. The van der Waals surface area contributed by atoms with Gasteiger partial charge in [-0.1, -0.05) is 6.92 Å². The van der Waals surface area contributed by atoms with E-state index >= 15 is 0 Å². The lowest BCUT2D eigenvalue weighted by Crippen LogP contribution is -2.16. The largest absolute Gasteiger partial charge is 0.261 e. The second kappa shape index (κ2) is 4.56. The molecule has 0 bridgehead atoms. The molecule has 0 aliphatic carbocycles. The van der Waals surface area contributed by atoms with Crippen LogP contribution in [-0.2, 0) is 0 Å². The summed E-state index contributed by atoms with van der Waals surface area (Å²) >= 11 is 0. The van der Waals surface area contributed by atoms with E-state index in [1.54, 1.807) is 0 Å². The van der Waals surface area contributed by atoms with Crippen molar-refractivity contribution < 1.29 is 5.48 Å². The molecule has 3 nitrogen and oxygen atoms in total. The second-order valence-corrected chi connectivity index (χ2v) is 1.16. The molecule has 0 aromatic heterocycles. The van der Waals surface area contributed by atoms with Crippen LogP contribution in [0, 0.1) is 4.91 Å². The number of hydrogen-bond acceptors (Lipinski definition) is 2. The van der Waals surface area contributed by atoms with E-state index < -0.39 is 12.9 Å². The van der Waals surface area contributed by atoms with Crippen LogP contribution in [0.5, 0.6) is 0 Å². The summed E-state index contributed by atoms with van der Waals surface area (Å²) < 4.78 is 28.8. The highest BCUT2D eigenvalue weighted by Crippen LogP contribution is 1.88. The molecule has 0 unspecified atom stereocenters. The summed E-state index contributed by atoms with van der Waals surface area (Å²) in [5.74, 6) is 0. The van der Waals surface area contributed by atoms with Gasteiger partial charge in [-0.3, -0.25) is 5.01 Å². The van der Waals surface area contributed by atoms with E-state index in [1.807, 2.05) is 0 Å². The molecule has 0 saturated heterocycles. The lowest BCUT2D eigenvalue weighted by molar-refractivity contribution is 0.300. The molecule has 3 heteroatoms. The summed E-state index contributed by atoms with van der Waals surface area (Å²) in [5.41, 5.74) is 0. The molecular weight excluding hydrogens is 104 g/mol. The molecule has 0 fully saturated rings. The van der Waals surface area contributed by atoms with Gasteiger partial charge in [0.1, 0.15) is 0 Å². The monoisotopic (exact) mass is 120 g/mol. The summed E-state index contributed by atoms with van der Waals surface area (Å²) in [4.78, 5) is 10.1. The number of nitroso groups, excluding NO2 is 1. The van der Waals surface area contributed by atoms with Crippen molar-refractivity contribution in [3.8, 4) is 0 Å². The molecule has 0 rings (SSSR count). The van der Waals surface area contributed by atoms with E-state index in [0.29, 0.717) is 5.01 Å². The molecule has 0 aliphatic rings. The van der Waals surface area contributed by atoms with E-state index in [-0.39, 0.29) is 6.54 Å². The third-order valence-corrected chi connectivity index (χ3v) is 0.639. The maximum absolute atomic E-state index is 10.1. The van der Waals surface area contributed by atoms with Crippen molar-refractivity contribution in [1.29, 1.82) is 0 Å². The highest BCUT2D eigenvalue weighted by molar-refractivity contribution is 4.42. The van der Waals surface area contributed by atoms with Crippen molar-refractivity contribution in [3.05, 3.63) is 4.91 Å². The number of hydrogen-bond donors (Lipinski definition) is 0. The average molecular weight is 120 g/mol. The van der Waals surface area contributed by atoms with Crippen LogP contribution in [0.15, 0.2) is 5.29 Å². The van der Waals surface area contributed by atoms with Gasteiger partial charge in [0.15, 0.2) is 0 Å². The van der Waals surface area contributed by atoms with Gasteiger partial charge in [-0.15, -0.1) is 4.91 Å². The molecule has 48 valence electrons. The zero-order valence-electron chi connectivity index (χ0n) is 9.01. The van der Waals surface area contributed by atoms with Crippen LogP contribution in [0.2, 0.25) is 0 Å². The molecule has 0 N–H and O–H groups in total. The first kappa shape index (κ1) is 2.80. The van der Waals surface area contributed by atoms with Gasteiger partial charge in [-0.25, -0.2) is 0 Å². The van der Waals surface area contributed by atoms with Crippen LogP contribution < -0.4 is 0 Å². The van der Waals surface area contributed by atoms with E-state index in [9.17, 15) is 4.91 Å². The van der Waals surface area contributed by atoms with Gasteiger partial charge < -0.3 is 0 Å². The Morgan fingerprint density at radius 1 is 1.75 bits per heavy atom. The van der Waals surface area contributed by atoms with Crippen LogP contribution >= 0.6 is 0 Å². The first-order valence-corrected chi connectivity index (χ1v) is 2.38. The fourth-order valence-corrected chi connectivity index (χ4v) is 0.286. The minimum Gasteiger partial charge on any atom is -0.261 e. The maximum Gasteiger partial charge on any atom is 0.0523 e. The van der Waals surface area contributed by atoms with Gasteiger partial charge in [-0.2, -0.15) is 0 Å². The zero-order chi connectivity index (χ0) is 9.99. The Morgan fingerprint density at radius 3 is 2.50 bits per heavy atom. The van der Waals surface area contributed by atoms with Gasteiger partial charge in [0.25, 0.3) is 0 Å². The third kappa shape index (κ3) is 2.55. The highest BCUT2D eigenvalue weighted by atomic mass is 16.3. The molecule has 0 heterocycles. The molecule has 0 atom stereocenters. The van der Waals surface area contributed by atoms with Crippen molar-refractivity contribution in [3.63, 3.8) is 0 Å². The summed E-state index contributed by atoms with van der Waals surface area (Å²) in [6.07, 6.45) is -2.11. The molecule has 0 saturated carbocycles. The molecule has 8 heavy (non-hydrogen) atoms. The van der Waals surface area contributed by atoms with Gasteiger partial charge in [0.05, 0.1) is 8.03 Å². The molecule has 0 amide bonds. The Morgan fingerprint density at radius 2 is 2.38 bits per heavy atom. The van der Waals surface area contributed by atoms with E-state index in [0.717, 1.165) is 6.92 Å². The van der Waals surface area contributed by atoms with Crippen LogP contribution in [0.1, 0.15) is 25.7 Å². The Balaban J connectivity index is 4.69. The normalized spacial score (nSPS) is 19.8. The van der Waals surface area contributed by atoms with Gasteiger partial charge in [0.2, 0.25) is 0 Å². The zero-order valence-corrected chi connectivity index (χ0v) is 5.01. The SMILES string of the molecule is [2H]C([2H])(C)C([2H])([2H])N(CC)N=O.